The van der Waals surface area contributed by atoms with Gasteiger partial charge in [-0.25, -0.2) is 0 Å². The van der Waals surface area contributed by atoms with Crippen molar-refractivity contribution in [3.05, 3.63) is 17.5 Å². The Labute approximate surface area is 76.1 Å². The van der Waals surface area contributed by atoms with Crippen molar-refractivity contribution in [3.8, 4) is 5.75 Å². The molecule has 1 aromatic heterocycles. The Kier molecular flexibility index (Phi) is 2.06. The van der Waals surface area contributed by atoms with Crippen LogP contribution in [0.3, 0.4) is 0 Å². The number of carbonyl (C=O) groups excluding carboxylic acids is 1. The van der Waals surface area contributed by atoms with Crippen molar-refractivity contribution in [1.29, 1.82) is 0 Å². The minimum absolute atomic E-state index is 0.525. The molecule has 0 aliphatic carbocycles. The molecule has 2 rings (SSSR count). The van der Waals surface area contributed by atoms with Crippen molar-refractivity contribution in [2.45, 2.75) is 13.2 Å². The van der Waals surface area contributed by atoms with Crippen molar-refractivity contribution in [3.63, 3.8) is 0 Å². The summed E-state index contributed by atoms with van der Waals surface area (Å²) in [6, 6.07) is 1.75. The van der Waals surface area contributed by atoms with Crippen molar-refractivity contribution < 1.29 is 14.3 Å². The van der Waals surface area contributed by atoms with Crippen molar-refractivity contribution in [2.75, 3.05) is 13.7 Å². The van der Waals surface area contributed by atoms with Crippen LogP contribution in [0.15, 0.2) is 6.07 Å². The molecular formula is C9H11NO3. The molecule has 0 saturated heterocycles. The molecule has 2 heterocycles. The number of fused-ring (bicyclic) bond motifs is 1. The van der Waals surface area contributed by atoms with Gasteiger partial charge in [0.05, 0.1) is 31.7 Å². The van der Waals surface area contributed by atoms with Gasteiger partial charge in [0.25, 0.3) is 0 Å². The van der Waals surface area contributed by atoms with Crippen molar-refractivity contribution in [1.82, 2.24) is 4.57 Å². The lowest BCUT2D eigenvalue weighted by molar-refractivity contribution is 0.0812. The highest BCUT2D eigenvalue weighted by Gasteiger charge is 2.18. The first-order chi connectivity index (χ1) is 6.36. The Morgan fingerprint density at radius 2 is 2.54 bits per heavy atom. The molecule has 0 N–H and O–H groups in total. The molecule has 70 valence electrons. The largest absolute Gasteiger partial charge is 0.495 e. The second-order valence-corrected chi connectivity index (χ2v) is 2.91. The Morgan fingerprint density at radius 3 is 3.23 bits per heavy atom. The van der Waals surface area contributed by atoms with Gasteiger partial charge < -0.3 is 14.0 Å². The van der Waals surface area contributed by atoms with E-state index in [1.807, 2.05) is 4.57 Å². The second-order valence-electron chi connectivity index (χ2n) is 2.91. The smallest absolute Gasteiger partial charge is 0.166 e. The average Bonchev–Trinajstić information content (AvgIpc) is 2.56. The highest BCUT2D eigenvalue weighted by Crippen LogP contribution is 2.25. The van der Waals surface area contributed by atoms with Crippen LogP contribution in [0.2, 0.25) is 0 Å². The van der Waals surface area contributed by atoms with Gasteiger partial charge in [-0.2, -0.15) is 0 Å². The number of aromatic nitrogens is 1. The molecular weight excluding hydrogens is 170 g/mol. The summed E-state index contributed by atoms with van der Waals surface area (Å²) in [5, 5.41) is 0. The van der Waals surface area contributed by atoms with Gasteiger partial charge in [-0.05, 0) is 0 Å². The third-order valence-corrected chi connectivity index (χ3v) is 2.24. The maximum atomic E-state index is 10.7. The maximum absolute atomic E-state index is 10.7. The Bertz CT molecular complexity index is 330. The quantitative estimate of drug-likeness (QED) is 0.635. The molecule has 4 heteroatoms. The summed E-state index contributed by atoms with van der Waals surface area (Å²) in [7, 11) is 1.60. The van der Waals surface area contributed by atoms with Crippen LogP contribution < -0.4 is 4.74 Å². The zero-order valence-electron chi connectivity index (χ0n) is 7.45. The SMILES string of the molecule is COc1cc(C=O)n2c1COCC2. The van der Waals surface area contributed by atoms with E-state index in [0.717, 1.165) is 24.3 Å². The van der Waals surface area contributed by atoms with Crippen LogP contribution in [-0.2, 0) is 17.9 Å². The van der Waals surface area contributed by atoms with Gasteiger partial charge >= 0.3 is 0 Å². The van der Waals surface area contributed by atoms with E-state index in [-0.39, 0.29) is 0 Å². The number of methoxy groups -OCH3 is 1. The topological polar surface area (TPSA) is 40.5 Å². The van der Waals surface area contributed by atoms with Crippen LogP contribution in [-0.4, -0.2) is 24.6 Å². The molecule has 0 bridgehead atoms. The molecule has 0 unspecified atom stereocenters. The minimum Gasteiger partial charge on any atom is -0.495 e. The van der Waals surface area contributed by atoms with Crippen molar-refractivity contribution >= 4 is 6.29 Å². The average molecular weight is 181 g/mol. The van der Waals surface area contributed by atoms with Crippen LogP contribution in [0, 0.1) is 0 Å². The zero-order valence-corrected chi connectivity index (χ0v) is 7.45. The fourth-order valence-corrected chi connectivity index (χ4v) is 1.60. The van der Waals surface area contributed by atoms with E-state index >= 15 is 0 Å². The second kappa shape index (κ2) is 3.22. The molecule has 0 atom stereocenters. The molecule has 0 fully saturated rings. The predicted octanol–water partition coefficient (Wildman–Crippen LogP) is 0.839. The molecule has 1 aliphatic rings. The van der Waals surface area contributed by atoms with E-state index in [9.17, 15) is 4.79 Å². The molecule has 1 aliphatic heterocycles. The third kappa shape index (κ3) is 1.23. The maximum Gasteiger partial charge on any atom is 0.166 e. The summed E-state index contributed by atoms with van der Waals surface area (Å²) in [5.74, 6) is 0.738. The standard InChI is InChI=1S/C9H11NO3/c1-12-9-4-7(5-11)10-2-3-13-6-8(9)10/h4-5H,2-3,6H2,1H3. The first-order valence-electron chi connectivity index (χ1n) is 4.16. The monoisotopic (exact) mass is 181 g/mol. The van der Waals surface area contributed by atoms with Gasteiger partial charge in [0.1, 0.15) is 5.75 Å². The molecule has 0 saturated carbocycles. The zero-order chi connectivity index (χ0) is 9.26. The lowest BCUT2D eigenvalue weighted by atomic mass is 10.4. The van der Waals surface area contributed by atoms with Gasteiger partial charge in [-0.3, -0.25) is 4.79 Å². The van der Waals surface area contributed by atoms with Gasteiger partial charge in [0.15, 0.2) is 6.29 Å². The summed E-state index contributed by atoms with van der Waals surface area (Å²) in [6.45, 7) is 1.91. The summed E-state index contributed by atoms with van der Waals surface area (Å²) < 4.78 is 12.4. The van der Waals surface area contributed by atoms with Gasteiger partial charge in [-0.15, -0.1) is 0 Å². The van der Waals surface area contributed by atoms with E-state index in [1.54, 1.807) is 13.2 Å². The summed E-state index contributed by atoms with van der Waals surface area (Å²) >= 11 is 0. The summed E-state index contributed by atoms with van der Waals surface area (Å²) in [5.41, 5.74) is 1.62. The highest BCUT2D eigenvalue weighted by atomic mass is 16.5. The Hall–Kier alpha value is -1.29. The van der Waals surface area contributed by atoms with Crippen LogP contribution in [0.4, 0.5) is 0 Å². The number of rotatable bonds is 2. The Balaban J connectivity index is 2.50. The normalized spacial score (nSPS) is 15.2. The van der Waals surface area contributed by atoms with E-state index in [1.165, 1.54) is 0 Å². The first kappa shape index (κ1) is 8.31. The highest BCUT2D eigenvalue weighted by molar-refractivity contribution is 5.74. The molecule has 0 aromatic carbocycles. The van der Waals surface area contributed by atoms with Crippen LogP contribution in [0.1, 0.15) is 16.2 Å². The van der Waals surface area contributed by atoms with Gasteiger partial charge in [-0.1, -0.05) is 0 Å². The van der Waals surface area contributed by atoms with E-state index < -0.39 is 0 Å². The van der Waals surface area contributed by atoms with E-state index in [4.69, 9.17) is 9.47 Å². The summed E-state index contributed by atoms with van der Waals surface area (Å²) in [4.78, 5) is 10.7. The molecule has 0 radical (unpaired) electrons. The van der Waals surface area contributed by atoms with Gasteiger partial charge in [0, 0.05) is 12.6 Å². The van der Waals surface area contributed by atoms with Crippen molar-refractivity contribution in [2.24, 2.45) is 0 Å². The first-order valence-corrected chi connectivity index (χ1v) is 4.16. The number of ether oxygens (including phenoxy) is 2. The molecule has 4 nitrogen and oxygen atoms in total. The number of nitrogens with zero attached hydrogens (tertiary/aromatic N) is 1. The van der Waals surface area contributed by atoms with E-state index in [0.29, 0.717) is 18.9 Å². The molecule has 0 amide bonds. The predicted molar refractivity (Wildman–Crippen MR) is 46.0 cm³/mol. The lowest BCUT2D eigenvalue weighted by Gasteiger charge is -2.17. The third-order valence-electron chi connectivity index (χ3n) is 2.24. The van der Waals surface area contributed by atoms with Crippen LogP contribution >= 0.6 is 0 Å². The van der Waals surface area contributed by atoms with E-state index in [2.05, 4.69) is 0 Å². The Morgan fingerprint density at radius 1 is 1.69 bits per heavy atom. The number of aldehydes is 1. The number of hydrogen-bond acceptors (Lipinski definition) is 3. The molecule has 0 spiro atoms. The summed E-state index contributed by atoms with van der Waals surface area (Å²) in [6.07, 6.45) is 0.845. The van der Waals surface area contributed by atoms with Gasteiger partial charge in [0.2, 0.25) is 0 Å². The fourth-order valence-electron chi connectivity index (χ4n) is 1.60. The fraction of sp³-hybridized carbons (Fsp3) is 0.444. The van der Waals surface area contributed by atoms with Crippen LogP contribution in [0.5, 0.6) is 5.75 Å². The number of carbonyl (C=O) groups is 1. The molecule has 1 aromatic rings. The van der Waals surface area contributed by atoms with Crippen LogP contribution in [0.25, 0.3) is 0 Å². The minimum atomic E-state index is 0.525. The number of hydrogen-bond donors (Lipinski definition) is 0. The molecule has 13 heavy (non-hydrogen) atoms. The lowest BCUT2D eigenvalue weighted by Crippen LogP contribution is -2.18.